The van der Waals surface area contributed by atoms with E-state index < -0.39 is 6.10 Å². The van der Waals surface area contributed by atoms with E-state index in [0.717, 1.165) is 16.9 Å². The second-order valence-corrected chi connectivity index (χ2v) is 7.26. The molecule has 7 heteroatoms. The van der Waals surface area contributed by atoms with Crippen molar-refractivity contribution in [3.8, 4) is 11.4 Å². The van der Waals surface area contributed by atoms with Crippen LogP contribution in [-0.4, -0.2) is 21.8 Å². The summed E-state index contributed by atoms with van der Waals surface area (Å²) in [7, 11) is 0. The van der Waals surface area contributed by atoms with Crippen LogP contribution in [0.4, 0.5) is 0 Å². The molecule has 0 saturated heterocycles. The Kier molecular flexibility index (Phi) is 6.27. The van der Waals surface area contributed by atoms with Gasteiger partial charge < -0.3 is 10.1 Å². The maximum absolute atomic E-state index is 12.6. The molecular weight excluding hydrogens is 397 g/mol. The average Bonchev–Trinajstić information content (AvgIpc) is 3.07. The van der Waals surface area contributed by atoms with Gasteiger partial charge in [-0.1, -0.05) is 47.5 Å². The Bertz CT molecular complexity index is 973. The summed E-state index contributed by atoms with van der Waals surface area (Å²) in [6.45, 7) is 5.56. The fourth-order valence-electron chi connectivity index (χ4n) is 2.90. The molecule has 0 saturated carbocycles. The molecule has 5 nitrogen and oxygen atoms in total. The first kappa shape index (κ1) is 20.2. The molecule has 1 N–H and O–H groups in total. The zero-order chi connectivity index (χ0) is 20.3. The number of carbonyl (C=O) groups excluding carboxylic acids is 1. The van der Waals surface area contributed by atoms with Crippen molar-refractivity contribution in [1.82, 2.24) is 15.1 Å². The molecule has 28 heavy (non-hydrogen) atoms. The number of nitrogens with one attached hydrogen (secondary N) is 1. The molecule has 3 rings (SSSR count). The van der Waals surface area contributed by atoms with Crippen LogP contribution in [0.2, 0.25) is 10.0 Å². The maximum atomic E-state index is 12.6. The molecule has 0 fully saturated rings. The van der Waals surface area contributed by atoms with Crippen molar-refractivity contribution in [3.05, 3.63) is 76.0 Å². The SMILES string of the molecule is Cc1c(C(C)NC(=O)C(C)Oc2cccc(Cl)c2Cl)cnn1-c1ccccc1. The number of carbonyl (C=O) groups is 1. The first-order chi connectivity index (χ1) is 13.4. The number of benzene rings is 2. The third-order valence-electron chi connectivity index (χ3n) is 4.46. The van der Waals surface area contributed by atoms with Crippen LogP contribution in [0, 0.1) is 6.92 Å². The van der Waals surface area contributed by atoms with Gasteiger partial charge in [0.2, 0.25) is 0 Å². The monoisotopic (exact) mass is 417 g/mol. The van der Waals surface area contributed by atoms with Crippen LogP contribution in [-0.2, 0) is 4.79 Å². The molecule has 0 radical (unpaired) electrons. The third-order valence-corrected chi connectivity index (χ3v) is 5.26. The van der Waals surface area contributed by atoms with E-state index in [2.05, 4.69) is 10.4 Å². The maximum Gasteiger partial charge on any atom is 0.261 e. The van der Waals surface area contributed by atoms with Crippen LogP contribution >= 0.6 is 23.2 Å². The van der Waals surface area contributed by atoms with E-state index in [1.807, 2.05) is 48.9 Å². The minimum absolute atomic E-state index is 0.231. The van der Waals surface area contributed by atoms with Crippen LogP contribution in [0.25, 0.3) is 5.69 Å². The van der Waals surface area contributed by atoms with Crippen LogP contribution < -0.4 is 10.1 Å². The fourth-order valence-corrected chi connectivity index (χ4v) is 3.24. The van der Waals surface area contributed by atoms with Crippen molar-refractivity contribution in [2.24, 2.45) is 0 Å². The van der Waals surface area contributed by atoms with E-state index in [4.69, 9.17) is 27.9 Å². The average molecular weight is 418 g/mol. The highest BCUT2D eigenvalue weighted by Crippen LogP contribution is 2.32. The predicted octanol–water partition coefficient (Wildman–Crippen LogP) is 5.13. The van der Waals surface area contributed by atoms with E-state index in [9.17, 15) is 4.79 Å². The minimum Gasteiger partial charge on any atom is -0.479 e. The van der Waals surface area contributed by atoms with Crippen LogP contribution in [0.15, 0.2) is 54.7 Å². The first-order valence-corrected chi connectivity index (χ1v) is 9.65. The number of para-hydroxylation sites is 1. The number of hydrogen-bond acceptors (Lipinski definition) is 3. The highest BCUT2D eigenvalue weighted by Gasteiger charge is 2.21. The van der Waals surface area contributed by atoms with Gasteiger partial charge in [0.05, 0.1) is 22.9 Å². The Morgan fingerprint density at radius 1 is 1.11 bits per heavy atom. The summed E-state index contributed by atoms with van der Waals surface area (Å²) < 4.78 is 7.53. The highest BCUT2D eigenvalue weighted by atomic mass is 35.5. The topological polar surface area (TPSA) is 56.1 Å². The second kappa shape index (κ2) is 8.67. The highest BCUT2D eigenvalue weighted by molar-refractivity contribution is 6.42. The third kappa shape index (κ3) is 4.32. The Labute approximate surface area is 174 Å². The molecule has 0 aliphatic heterocycles. The van der Waals surface area contributed by atoms with Crippen molar-refractivity contribution < 1.29 is 9.53 Å². The lowest BCUT2D eigenvalue weighted by atomic mass is 10.1. The number of ether oxygens (including phenoxy) is 1. The Hall–Kier alpha value is -2.50. The Balaban J connectivity index is 1.69. The lowest BCUT2D eigenvalue weighted by molar-refractivity contribution is -0.127. The molecule has 2 aromatic carbocycles. The van der Waals surface area contributed by atoms with Crippen molar-refractivity contribution in [2.75, 3.05) is 0 Å². The number of halogens is 2. The van der Waals surface area contributed by atoms with Crippen molar-refractivity contribution in [1.29, 1.82) is 0 Å². The lowest BCUT2D eigenvalue weighted by Gasteiger charge is -2.19. The first-order valence-electron chi connectivity index (χ1n) is 8.89. The van der Waals surface area contributed by atoms with Gasteiger partial charge in [0.15, 0.2) is 6.10 Å². The normalized spacial score (nSPS) is 13.0. The van der Waals surface area contributed by atoms with Gasteiger partial charge >= 0.3 is 0 Å². The van der Waals surface area contributed by atoms with Crippen LogP contribution in [0.3, 0.4) is 0 Å². The number of amides is 1. The zero-order valence-electron chi connectivity index (χ0n) is 15.8. The van der Waals surface area contributed by atoms with Gasteiger partial charge in [0.25, 0.3) is 5.91 Å². The summed E-state index contributed by atoms with van der Waals surface area (Å²) in [5.74, 6) is 0.118. The minimum atomic E-state index is -0.733. The van der Waals surface area contributed by atoms with Crippen LogP contribution in [0.1, 0.15) is 31.1 Å². The molecule has 0 aliphatic carbocycles. The quantitative estimate of drug-likeness (QED) is 0.604. The molecule has 3 aromatic rings. The van der Waals surface area contributed by atoms with Gasteiger partial charge in [0.1, 0.15) is 10.8 Å². The Morgan fingerprint density at radius 3 is 2.54 bits per heavy atom. The number of nitrogens with zero attached hydrogens (tertiary/aromatic N) is 2. The van der Waals surface area contributed by atoms with E-state index in [1.54, 1.807) is 31.3 Å². The molecule has 2 unspecified atom stereocenters. The summed E-state index contributed by atoms with van der Waals surface area (Å²) >= 11 is 12.1. The molecule has 146 valence electrons. The largest absolute Gasteiger partial charge is 0.479 e. The lowest BCUT2D eigenvalue weighted by Crippen LogP contribution is -2.37. The molecule has 1 amide bonds. The Morgan fingerprint density at radius 2 is 1.82 bits per heavy atom. The van der Waals surface area contributed by atoms with E-state index in [1.165, 1.54) is 0 Å². The van der Waals surface area contributed by atoms with E-state index in [0.29, 0.717) is 10.8 Å². The van der Waals surface area contributed by atoms with Gasteiger partial charge in [0, 0.05) is 11.3 Å². The number of rotatable bonds is 6. The summed E-state index contributed by atoms with van der Waals surface area (Å²) in [6, 6.07) is 14.7. The van der Waals surface area contributed by atoms with Gasteiger partial charge in [-0.05, 0) is 45.0 Å². The summed E-state index contributed by atoms with van der Waals surface area (Å²) in [5.41, 5.74) is 2.87. The molecule has 0 spiro atoms. The number of hydrogen-bond donors (Lipinski definition) is 1. The number of aromatic nitrogens is 2. The second-order valence-electron chi connectivity index (χ2n) is 6.47. The predicted molar refractivity (Wildman–Crippen MR) is 111 cm³/mol. The van der Waals surface area contributed by atoms with Gasteiger partial charge in [-0.2, -0.15) is 5.10 Å². The van der Waals surface area contributed by atoms with Gasteiger partial charge in [-0.15, -0.1) is 0 Å². The fraction of sp³-hybridized carbons (Fsp3) is 0.238. The smallest absolute Gasteiger partial charge is 0.261 e. The molecule has 0 bridgehead atoms. The molecule has 1 heterocycles. The van der Waals surface area contributed by atoms with Crippen LogP contribution in [0.5, 0.6) is 5.75 Å². The van der Waals surface area contributed by atoms with Gasteiger partial charge in [-0.3, -0.25) is 4.79 Å². The summed E-state index contributed by atoms with van der Waals surface area (Å²) in [5, 5.41) is 8.08. The molecule has 1 aromatic heterocycles. The standard InChI is InChI=1S/C21H21Cl2N3O2/c1-13(17-12-24-26(14(17)2)16-8-5-4-6-9-16)25-21(27)15(3)28-19-11-7-10-18(22)20(19)23/h4-13,15H,1-3H3,(H,25,27). The van der Waals surface area contributed by atoms with E-state index >= 15 is 0 Å². The summed E-state index contributed by atoms with van der Waals surface area (Å²) in [6.07, 6.45) is 1.04. The van der Waals surface area contributed by atoms with E-state index in [-0.39, 0.29) is 17.0 Å². The molecular formula is C21H21Cl2N3O2. The van der Waals surface area contributed by atoms with Crippen molar-refractivity contribution >= 4 is 29.1 Å². The van der Waals surface area contributed by atoms with Crippen molar-refractivity contribution in [3.63, 3.8) is 0 Å². The molecule has 0 aliphatic rings. The molecule has 2 atom stereocenters. The zero-order valence-corrected chi connectivity index (χ0v) is 17.3. The van der Waals surface area contributed by atoms with Gasteiger partial charge in [-0.25, -0.2) is 4.68 Å². The van der Waals surface area contributed by atoms with Crippen molar-refractivity contribution in [2.45, 2.75) is 32.9 Å². The summed E-state index contributed by atoms with van der Waals surface area (Å²) in [4.78, 5) is 12.6.